The van der Waals surface area contributed by atoms with Crippen molar-refractivity contribution in [3.8, 4) is 34.4 Å². The topological polar surface area (TPSA) is 54.7 Å². The molecule has 0 aliphatic carbocycles. The predicted molar refractivity (Wildman–Crippen MR) is 97.1 cm³/mol. The summed E-state index contributed by atoms with van der Waals surface area (Å²) >= 11 is 0. The summed E-state index contributed by atoms with van der Waals surface area (Å²) in [7, 11) is 3.25. The zero-order valence-corrected chi connectivity index (χ0v) is 14.7. The minimum Gasteiger partial charge on any atom is -0.493 e. The average molecular weight is 352 g/mol. The van der Waals surface area contributed by atoms with Gasteiger partial charge in [-0.1, -0.05) is 18.2 Å². The molecule has 0 N–H and O–H groups in total. The highest BCUT2D eigenvalue weighted by Gasteiger charge is 2.23. The van der Waals surface area contributed by atoms with Gasteiger partial charge in [-0.3, -0.25) is 0 Å². The van der Waals surface area contributed by atoms with E-state index in [4.69, 9.17) is 18.9 Å². The fraction of sp³-hybridized carbons (Fsp3) is 0.250. The molecular weight excluding hydrogens is 332 g/mol. The maximum Gasteiger partial charge on any atom is 0.171 e. The van der Waals surface area contributed by atoms with Gasteiger partial charge in [0.2, 0.25) is 0 Å². The summed E-state index contributed by atoms with van der Waals surface area (Å²) in [6.45, 7) is 1.11. The number of nitrogens with zero attached hydrogens (tertiary/aromatic N) is 2. The van der Waals surface area contributed by atoms with Crippen LogP contribution in [0.15, 0.2) is 54.9 Å². The molecule has 2 aromatic carbocycles. The van der Waals surface area contributed by atoms with Gasteiger partial charge >= 0.3 is 0 Å². The molecule has 6 heteroatoms. The molecule has 1 aliphatic heterocycles. The Bertz CT molecular complexity index is 906. The molecule has 1 aliphatic rings. The van der Waals surface area contributed by atoms with Crippen LogP contribution in [-0.2, 0) is 6.54 Å². The van der Waals surface area contributed by atoms with Gasteiger partial charge in [0.1, 0.15) is 12.4 Å². The minimum atomic E-state index is -0.102. The second kappa shape index (κ2) is 7.00. The number of fused-ring (bicyclic) bond motifs is 1. The SMILES string of the molecule is COc1cccc(-c2nccn2C[C@@H]2COc3ccccc3O2)c1OC. The second-order valence-corrected chi connectivity index (χ2v) is 5.94. The molecular formula is C20H20N2O4. The Morgan fingerprint density at radius 1 is 1.08 bits per heavy atom. The molecule has 0 spiro atoms. The van der Waals surface area contributed by atoms with E-state index in [1.54, 1.807) is 20.4 Å². The molecule has 0 fully saturated rings. The first-order valence-corrected chi connectivity index (χ1v) is 8.41. The first-order valence-electron chi connectivity index (χ1n) is 8.41. The zero-order chi connectivity index (χ0) is 17.9. The van der Waals surface area contributed by atoms with Crippen molar-refractivity contribution in [2.75, 3.05) is 20.8 Å². The van der Waals surface area contributed by atoms with Crippen LogP contribution in [0.2, 0.25) is 0 Å². The van der Waals surface area contributed by atoms with Crippen LogP contribution >= 0.6 is 0 Å². The molecule has 0 radical (unpaired) electrons. The third-order valence-electron chi connectivity index (χ3n) is 4.33. The molecule has 4 rings (SSSR count). The van der Waals surface area contributed by atoms with Gasteiger partial charge in [0.25, 0.3) is 0 Å². The molecule has 26 heavy (non-hydrogen) atoms. The lowest BCUT2D eigenvalue weighted by atomic mass is 10.1. The smallest absolute Gasteiger partial charge is 0.171 e. The summed E-state index contributed by atoms with van der Waals surface area (Å²) in [5.41, 5.74) is 0.869. The van der Waals surface area contributed by atoms with Gasteiger partial charge in [0.15, 0.2) is 29.1 Å². The Hall–Kier alpha value is -3.15. The Labute approximate surface area is 151 Å². The fourth-order valence-electron chi connectivity index (χ4n) is 3.14. The monoisotopic (exact) mass is 352 g/mol. The van der Waals surface area contributed by atoms with E-state index in [0.29, 0.717) is 24.7 Å². The third kappa shape index (κ3) is 2.94. The van der Waals surface area contributed by atoms with E-state index in [9.17, 15) is 0 Å². The highest BCUT2D eigenvalue weighted by Crippen LogP contribution is 2.37. The molecule has 3 aromatic rings. The molecule has 134 valence electrons. The normalized spacial score (nSPS) is 15.5. The summed E-state index contributed by atoms with van der Waals surface area (Å²) in [5, 5.41) is 0. The van der Waals surface area contributed by atoms with Crippen LogP contribution in [0.3, 0.4) is 0 Å². The van der Waals surface area contributed by atoms with Gasteiger partial charge in [0, 0.05) is 12.4 Å². The lowest BCUT2D eigenvalue weighted by molar-refractivity contribution is 0.0788. The van der Waals surface area contributed by atoms with Crippen LogP contribution in [0.25, 0.3) is 11.4 Å². The molecule has 2 heterocycles. The molecule has 0 saturated carbocycles. The standard InChI is InChI=1S/C20H20N2O4/c1-23-18-9-5-6-15(19(18)24-2)20-21-10-11-22(20)12-14-13-25-16-7-3-4-8-17(16)26-14/h3-11,14H,12-13H2,1-2H3/t14-/m1/s1. The van der Waals surface area contributed by atoms with E-state index in [-0.39, 0.29) is 6.10 Å². The maximum atomic E-state index is 6.07. The first kappa shape index (κ1) is 16.3. The molecule has 0 amide bonds. The lowest BCUT2D eigenvalue weighted by Gasteiger charge is -2.27. The number of aromatic nitrogens is 2. The molecule has 1 aromatic heterocycles. The summed E-state index contributed by atoms with van der Waals surface area (Å²) in [6, 6.07) is 13.5. The van der Waals surface area contributed by atoms with Crippen molar-refractivity contribution < 1.29 is 18.9 Å². The number of benzene rings is 2. The summed E-state index contributed by atoms with van der Waals surface area (Å²) in [5.74, 6) is 3.68. The van der Waals surface area contributed by atoms with Crippen LogP contribution in [0, 0.1) is 0 Å². The van der Waals surface area contributed by atoms with Crippen LogP contribution < -0.4 is 18.9 Å². The Kier molecular flexibility index (Phi) is 4.39. The Morgan fingerprint density at radius 2 is 1.92 bits per heavy atom. The van der Waals surface area contributed by atoms with E-state index < -0.39 is 0 Å². The quantitative estimate of drug-likeness (QED) is 0.704. The average Bonchev–Trinajstić information content (AvgIpc) is 3.15. The van der Waals surface area contributed by atoms with Crippen molar-refractivity contribution in [1.29, 1.82) is 0 Å². The van der Waals surface area contributed by atoms with E-state index >= 15 is 0 Å². The fourth-order valence-corrected chi connectivity index (χ4v) is 3.14. The molecule has 0 unspecified atom stereocenters. The number of ether oxygens (including phenoxy) is 4. The minimum absolute atomic E-state index is 0.102. The van der Waals surface area contributed by atoms with Crippen molar-refractivity contribution in [2.45, 2.75) is 12.6 Å². The number of imidazole rings is 1. The number of hydrogen-bond acceptors (Lipinski definition) is 5. The van der Waals surface area contributed by atoms with Crippen molar-refractivity contribution in [2.24, 2.45) is 0 Å². The largest absolute Gasteiger partial charge is 0.493 e. The highest BCUT2D eigenvalue weighted by atomic mass is 16.6. The van der Waals surface area contributed by atoms with Crippen molar-refractivity contribution >= 4 is 0 Å². The summed E-state index contributed by atoms with van der Waals surface area (Å²) < 4.78 is 24.9. The van der Waals surface area contributed by atoms with Crippen molar-refractivity contribution in [3.63, 3.8) is 0 Å². The van der Waals surface area contributed by atoms with E-state index in [2.05, 4.69) is 4.98 Å². The van der Waals surface area contributed by atoms with Crippen molar-refractivity contribution in [3.05, 3.63) is 54.9 Å². The molecule has 1 atom stereocenters. The highest BCUT2D eigenvalue weighted by molar-refractivity contribution is 5.69. The van der Waals surface area contributed by atoms with E-state index in [0.717, 1.165) is 22.9 Å². The van der Waals surface area contributed by atoms with Gasteiger partial charge < -0.3 is 23.5 Å². The van der Waals surface area contributed by atoms with Gasteiger partial charge in [-0.05, 0) is 24.3 Å². The number of rotatable bonds is 5. The molecule has 0 saturated heterocycles. The van der Waals surface area contributed by atoms with Gasteiger partial charge in [0.05, 0.1) is 26.3 Å². The molecule has 6 nitrogen and oxygen atoms in total. The van der Waals surface area contributed by atoms with E-state index in [1.807, 2.05) is 53.2 Å². The number of para-hydroxylation sites is 3. The van der Waals surface area contributed by atoms with Crippen LogP contribution in [0.1, 0.15) is 0 Å². The first-order chi connectivity index (χ1) is 12.8. The Balaban J connectivity index is 1.61. The number of hydrogen-bond donors (Lipinski definition) is 0. The second-order valence-electron chi connectivity index (χ2n) is 5.94. The van der Waals surface area contributed by atoms with Gasteiger partial charge in [-0.25, -0.2) is 4.98 Å². The van der Waals surface area contributed by atoms with Crippen LogP contribution in [-0.4, -0.2) is 36.5 Å². The summed E-state index contributed by atoms with van der Waals surface area (Å²) in [4.78, 5) is 4.51. The Morgan fingerprint density at radius 3 is 2.73 bits per heavy atom. The van der Waals surface area contributed by atoms with Gasteiger partial charge in [-0.2, -0.15) is 0 Å². The van der Waals surface area contributed by atoms with Crippen LogP contribution in [0.4, 0.5) is 0 Å². The van der Waals surface area contributed by atoms with Gasteiger partial charge in [-0.15, -0.1) is 0 Å². The lowest BCUT2D eigenvalue weighted by Crippen LogP contribution is -2.33. The molecule has 0 bridgehead atoms. The number of methoxy groups -OCH3 is 2. The maximum absolute atomic E-state index is 6.07. The van der Waals surface area contributed by atoms with Crippen LogP contribution in [0.5, 0.6) is 23.0 Å². The third-order valence-corrected chi connectivity index (χ3v) is 4.33. The van der Waals surface area contributed by atoms with Crippen molar-refractivity contribution in [1.82, 2.24) is 9.55 Å². The zero-order valence-electron chi connectivity index (χ0n) is 14.7. The summed E-state index contributed by atoms with van der Waals surface area (Å²) in [6.07, 6.45) is 3.60. The van der Waals surface area contributed by atoms with E-state index in [1.165, 1.54) is 0 Å². The predicted octanol–water partition coefficient (Wildman–Crippen LogP) is 3.41.